The standard InChI is InChI=1S/C17H27NO/c1-12-5-6-16(14(3)9-12)17(19)11-18-8-7-13(2)10-15(18)4/h5-6,9,13,15,17,19H,7-8,10-11H2,1-4H3. The number of benzene rings is 1. The van der Waals surface area contributed by atoms with Crippen molar-refractivity contribution in [2.75, 3.05) is 13.1 Å². The Morgan fingerprint density at radius 2 is 2.05 bits per heavy atom. The second-order valence-corrected chi connectivity index (χ2v) is 6.35. The molecule has 1 aliphatic rings. The van der Waals surface area contributed by atoms with Crippen molar-refractivity contribution in [2.24, 2.45) is 5.92 Å². The summed E-state index contributed by atoms with van der Waals surface area (Å²) in [5.41, 5.74) is 3.54. The zero-order valence-corrected chi connectivity index (χ0v) is 12.7. The lowest BCUT2D eigenvalue weighted by molar-refractivity contribution is 0.0598. The van der Waals surface area contributed by atoms with E-state index in [4.69, 9.17) is 0 Å². The molecular weight excluding hydrogens is 234 g/mol. The molecule has 1 N–H and O–H groups in total. The van der Waals surface area contributed by atoms with Gasteiger partial charge in [-0.15, -0.1) is 0 Å². The number of hydrogen-bond acceptors (Lipinski definition) is 2. The number of nitrogens with zero attached hydrogens (tertiary/aromatic N) is 1. The monoisotopic (exact) mass is 261 g/mol. The Bertz CT molecular complexity index is 429. The van der Waals surface area contributed by atoms with Gasteiger partial charge >= 0.3 is 0 Å². The number of likely N-dealkylation sites (tertiary alicyclic amines) is 1. The van der Waals surface area contributed by atoms with Crippen LogP contribution in [0.3, 0.4) is 0 Å². The highest BCUT2D eigenvalue weighted by Gasteiger charge is 2.25. The molecule has 1 aromatic carbocycles. The van der Waals surface area contributed by atoms with Crippen LogP contribution in [0.25, 0.3) is 0 Å². The lowest BCUT2D eigenvalue weighted by Crippen LogP contribution is -2.42. The van der Waals surface area contributed by atoms with E-state index < -0.39 is 0 Å². The molecule has 3 unspecified atom stereocenters. The highest BCUT2D eigenvalue weighted by molar-refractivity contribution is 5.32. The van der Waals surface area contributed by atoms with E-state index in [2.05, 4.69) is 50.8 Å². The van der Waals surface area contributed by atoms with Crippen LogP contribution in [0.4, 0.5) is 0 Å². The van der Waals surface area contributed by atoms with Gasteiger partial charge in [0.25, 0.3) is 0 Å². The number of aryl methyl sites for hydroxylation is 2. The van der Waals surface area contributed by atoms with Gasteiger partial charge in [0.1, 0.15) is 0 Å². The molecule has 0 spiro atoms. The topological polar surface area (TPSA) is 23.5 Å². The molecule has 2 heteroatoms. The number of rotatable bonds is 3. The highest BCUT2D eigenvalue weighted by Crippen LogP contribution is 2.26. The molecule has 1 fully saturated rings. The van der Waals surface area contributed by atoms with Gasteiger partial charge in [0.05, 0.1) is 6.10 Å². The van der Waals surface area contributed by atoms with E-state index in [1.165, 1.54) is 24.0 Å². The van der Waals surface area contributed by atoms with E-state index in [1.807, 2.05) is 0 Å². The number of aliphatic hydroxyl groups is 1. The van der Waals surface area contributed by atoms with Crippen LogP contribution in [-0.2, 0) is 0 Å². The van der Waals surface area contributed by atoms with Crippen molar-refractivity contribution in [3.8, 4) is 0 Å². The predicted molar refractivity (Wildman–Crippen MR) is 80.3 cm³/mol. The summed E-state index contributed by atoms with van der Waals surface area (Å²) >= 11 is 0. The number of aliphatic hydroxyl groups excluding tert-OH is 1. The van der Waals surface area contributed by atoms with Crippen LogP contribution in [0.2, 0.25) is 0 Å². The molecule has 0 radical (unpaired) electrons. The third-order valence-electron chi connectivity index (χ3n) is 4.47. The van der Waals surface area contributed by atoms with Gasteiger partial charge in [-0.3, -0.25) is 4.90 Å². The van der Waals surface area contributed by atoms with Crippen LogP contribution in [0.1, 0.15) is 49.5 Å². The number of hydrogen-bond donors (Lipinski definition) is 1. The van der Waals surface area contributed by atoms with E-state index in [9.17, 15) is 5.11 Å². The summed E-state index contributed by atoms with van der Waals surface area (Å²) < 4.78 is 0. The average Bonchev–Trinajstić information content (AvgIpc) is 2.32. The lowest BCUT2D eigenvalue weighted by atomic mass is 9.92. The molecule has 0 aliphatic carbocycles. The van der Waals surface area contributed by atoms with E-state index in [1.54, 1.807) is 0 Å². The van der Waals surface area contributed by atoms with E-state index in [0.29, 0.717) is 6.04 Å². The number of β-amino-alcohol motifs (C(OH)–C–C–N with tert-alkyl or cyclic N) is 1. The summed E-state index contributed by atoms with van der Waals surface area (Å²) in [5, 5.41) is 10.5. The van der Waals surface area contributed by atoms with E-state index >= 15 is 0 Å². The largest absolute Gasteiger partial charge is 0.387 e. The van der Waals surface area contributed by atoms with Crippen LogP contribution in [-0.4, -0.2) is 29.1 Å². The summed E-state index contributed by atoms with van der Waals surface area (Å²) in [4.78, 5) is 2.43. The number of piperidine rings is 1. The van der Waals surface area contributed by atoms with E-state index in [-0.39, 0.29) is 6.10 Å². The maximum atomic E-state index is 10.5. The van der Waals surface area contributed by atoms with Crippen LogP contribution in [0.5, 0.6) is 0 Å². The highest BCUT2D eigenvalue weighted by atomic mass is 16.3. The molecule has 0 aromatic heterocycles. The van der Waals surface area contributed by atoms with Crippen molar-refractivity contribution in [3.63, 3.8) is 0 Å². The van der Waals surface area contributed by atoms with Crippen molar-refractivity contribution in [1.29, 1.82) is 0 Å². The lowest BCUT2D eigenvalue weighted by Gasteiger charge is -2.37. The molecule has 106 valence electrons. The summed E-state index contributed by atoms with van der Waals surface area (Å²) in [6, 6.07) is 6.91. The Morgan fingerprint density at radius 3 is 2.68 bits per heavy atom. The Kier molecular flexibility index (Phi) is 4.64. The van der Waals surface area contributed by atoms with Gasteiger partial charge in [0.15, 0.2) is 0 Å². The van der Waals surface area contributed by atoms with Gasteiger partial charge in [0, 0.05) is 12.6 Å². The Morgan fingerprint density at radius 1 is 1.32 bits per heavy atom. The molecule has 3 atom stereocenters. The quantitative estimate of drug-likeness (QED) is 0.900. The Balaban J connectivity index is 2.02. The molecule has 2 rings (SSSR count). The van der Waals surface area contributed by atoms with Crippen molar-refractivity contribution in [2.45, 2.75) is 52.7 Å². The first-order valence-electron chi connectivity index (χ1n) is 7.46. The Hall–Kier alpha value is -0.860. The SMILES string of the molecule is Cc1ccc(C(O)CN2CCC(C)CC2C)c(C)c1. The third-order valence-corrected chi connectivity index (χ3v) is 4.47. The summed E-state index contributed by atoms with van der Waals surface area (Å²) in [6.45, 7) is 10.7. The minimum atomic E-state index is -0.364. The average molecular weight is 261 g/mol. The molecule has 1 aliphatic heterocycles. The van der Waals surface area contributed by atoms with Crippen LogP contribution in [0, 0.1) is 19.8 Å². The summed E-state index contributed by atoms with van der Waals surface area (Å²) in [5.74, 6) is 0.824. The fraction of sp³-hybridized carbons (Fsp3) is 0.647. The third kappa shape index (κ3) is 3.58. The maximum absolute atomic E-state index is 10.5. The van der Waals surface area contributed by atoms with Gasteiger partial charge in [-0.1, -0.05) is 30.7 Å². The summed E-state index contributed by atoms with van der Waals surface area (Å²) in [6.07, 6.45) is 2.14. The zero-order chi connectivity index (χ0) is 14.0. The van der Waals surface area contributed by atoms with Gasteiger partial charge < -0.3 is 5.11 Å². The Labute approximate surface area is 117 Å². The first-order chi connectivity index (χ1) is 8.97. The molecule has 0 amide bonds. The van der Waals surface area contributed by atoms with Crippen LogP contribution in [0.15, 0.2) is 18.2 Å². The fourth-order valence-electron chi connectivity index (χ4n) is 3.25. The first-order valence-corrected chi connectivity index (χ1v) is 7.46. The maximum Gasteiger partial charge on any atom is 0.0919 e. The molecule has 1 aromatic rings. The van der Waals surface area contributed by atoms with Gasteiger partial charge in [-0.05, 0) is 57.2 Å². The van der Waals surface area contributed by atoms with Crippen LogP contribution >= 0.6 is 0 Å². The second kappa shape index (κ2) is 6.06. The minimum absolute atomic E-state index is 0.364. The van der Waals surface area contributed by atoms with Crippen molar-refractivity contribution in [3.05, 3.63) is 34.9 Å². The first kappa shape index (κ1) is 14.5. The molecule has 19 heavy (non-hydrogen) atoms. The van der Waals surface area contributed by atoms with E-state index in [0.717, 1.165) is 24.6 Å². The van der Waals surface area contributed by atoms with Gasteiger partial charge in [-0.25, -0.2) is 0 Å². The predicted octanol–water partition coefficient (Wildman–Crippen LogP) is 3.46. The molecule has 2 nitrogen and oxygen atoms in total. The van der Waals surface area contributed by atoms with Crippen LogP contribution < -0.4 is 0 Å². The molecule has 1 saturated heterocycles. The fourth-order valence-corrected chi connectivity index (χ4v) is 3.25. The molecular formula is C17H27NO. The minimum Gasteiger partial charge on any atom is -0.387 e. The molecule has 0 bridgehead atoms. The molecule has 0 saturated carbocycles. The van der Waals surface area contributed by atoms with Crippen molar-refractivity contribution < 1.29 is 5.11 Å². The zero-order valence-electron chi connectivity index (χ0n) is 12.7. The van der Waals surface area contributed by atoms with Gasteiger partial charge in [-0.2, -0.15) is 0 Å². The van der Waals surface area contributed by atoms with Crippen molar-refractivity contribution >= 4 is 0 Å². The second-order valence-electron chi connectivity index (χ2n) is 6.35. The smallest absolute Gasteiger partial charge is 0.0919 e. The molecule has 1 heterocycles. The normalized spacial score (nSPS) is 26.4. The van der Waals surface area contributed by atoms with Crippen molar-refractivity contribution in [1.82, 2.24) is 4.90 Å². The van der Waals surface area contributed by atoms with Gasteiger partial charge in [0.2, 0.25) is 0 Å². The summed E-state index contributed by atoms with van der Waals surface area (Å²) in [7, 11) is 0.